The van der Waals surface area contributed by atoms with Crippen LogP contribution < -0.4 is 9.14 Å². The van der Waals surface area contributed by atoms with E-state index in [0.29, 0.717) is 0 Å². The van der Waals surface area contributed by atoms with Crippen molar-refractivity contribution >= 4 is 39.3 Å². The van der Waals surface area contributed by atoms with E-state index < -0.39 is 12.5 Å². The molecule has 1 unspecified atom stereocenters. The van der Waals surface area contributed by atoms with Crippen LogP contribution in [0.15, 0.2) is 54.6 Å². The number of fused-ring (bicyclic) bond motifs is 1. The summed E-state index contributed by atoms with van der Waals surface area (Å²) in [6.45, 7) is 0. The zero-order valence-corrected chi connectivity index (χ0v) is 12.8. The first-order valence-corrected chi connectivity index (χ1v) is 8.61. The lowest BCUT2D eigenvalue weighted by molar-refractivity contribution is -0.384. The van der Waals surface area contributed by atoms with E-state index in [-0.39, 0.29) is 16.1 Å². The van der Waals surface area contributed by atoms with E-state index >= 15 is 0 Å². The van der Waals surface area contributed by atoms with Crippen molar-refractivity contribution in [1.82, 2.24) is 0 Å². The van der Waals surface area contributed by atoms with Crippen molar-refractivity contribution in [2.75, 3.05) is 0 Å². The number of nitro benzene ring substituents is 1. The molecule has 1 aromatic heterocycles. The maximum atomic E-state index is 12.4. The van der Waals surface area contributed by atoms with Crippen LogP contribution in [0.4, 0.5) is 5.69 Å². The molecule has 22 heavy (non-hydrogen) atoms. The molecule has 8 heteroatoms. The molecule has 6 nitrogen and oxygen atoms in total. The number of rotatable bonds is 4. The van der Waals surface area contributed by atoms with Gasteiger partial charge in [0.05, 0.1) is 4.92 Å². The van der Waals surface area contributed by atoms with E-state index in [2.05, 4.69) is 0 Å². The molecule has 1 N–H and O–H groups in total. The second kappa shape index (κ2) is 5.53. The molecule has 0 radical (unpaired) electrons. The van der Waals surface area contributed by atoms with Crippen molar-refractivity contribution in [3.05, 3.63) is 64.7 Å². The number of non-ortho nitro benzene ring substituents is 1. The van der Waals surface area contributed by atoms with Crippen LogP contribution in [0, 0.1) is 10.1 Å². The fourth-order valence-corrected chi connectivity index (χ4v) is 4.39. The summed E-state index contributed by atoms with van der Waals surface area (Å²) in [5, 5.41) is 11.4. The van der Waals surface area contributed by atoms with Crippen molar-refractivity contribution in [2.24, 2.45) is 0 Å². The van der Waals surface area contributed by atoms with E-state index in [0.717, 1.165) is 10.1 Å². The van der Waals surface area contributed by atoms with Crippen molar-refractivity contribution in [3.63, 3.8) is 0 Å². The van der Waals surface area contributed by atoms with E-state index in [9.17, 15) is 19.6 Å². The molecule has 0 aliphatic carbocycles. The number of benzene rings is 2. The molecule has 3 aromatic rings. The van der Waals surface area contributed by atoms with Gasteiger partial charge in [-0.15, -0.1) is 11.3 Å². The largest absolute Gasteiger partial charge is 0.421 e. The SMILES string of the molecule is O=[N+]([O-])c1ccc(OP(=O)(O)c2cc3ccccc3s2)cc1. The van der Waals surface area contributed by atoms with Crippen molar-refractivity contribution in [2.45, 2.75) is 0 Å². The number of hydrogen-bond acceptors (Lipinski definition) is 5. The fraction of sp³-hybridized carbons (Fsp3) is 0. The van der Waals surface area contributed by atoms with Gasteiger partial charge in [-0.05, 0) is 29.7 Å². The van der Waals surface area contributed by atoms with Gasteiger partial charge < -0.3 is 9.42 Å². The number of nitrogens with zero attached hydrogens (tertiary/aromatic N) is 1. The molecule has 0 saturated carbocycles. The van der Waals surface area contributed by atoms with Crippen molar-refractivity contribution in [1.29, 1.82) is 0 Å². The Hall–Kier alpha value is -2.21. The predicted octanol–water partition coefficient (Wildman–Crippen LogP) is 3.70. The van der Waals surface area contributed by atoms with Crippen LogP contribution in [0.2, 0.25) is 0 Å². The molecule has 0 saturated heterocycles. The molecule has 0 aliphatic rings. The van der Waals surface area contributed by atoms with Crippen LogP contribution in [0.1, 0.15) is 0 Å². The van der Waals surface area contributed by atoms with Gasteiger partial charge >= 0.3 is 7.60 Å². The van der Waals surface area contributed by atoms with Crippen LogP contribution in [-0.4, -0.2) is 9.82 Å². The Morgan fingerprint density at radius 2 is 1.82 bits per heavy atom. The first kappa shape index (κ1) is 14.7. The van der Waals surface area contributed by atoms with Crippen LogP contribution in [-0.2, 0) is 4.57 Å². The summed E-state index contributed by atoms with van der Waals surface area (Å²) in [5.74, 6) is 0.105. The maximum absolute atomic E-state index is 12.4. The summed E-state index contributed by atoms with van der Waals surface area (Å²) in [7, 11) is -4.03. The van der Waals surface area contributed by atoms with Gasteiger partial charge in [0, 0.05) is 16.8 Å². The second-order valence-electron chi connectivity index (χ2n) is 4.49. The lowest BCUT2D eigenvalue weighted by Crippen LogP contribution is -2.04. The summed E-state index contributed by atoms with van der Waals surface area (Å²) in [6.07, 6.45) is 0. The smallest absolute Gasteiger partial charge is 0.418 e. The van der Waals surface area contributed by atoms with E-state index in [1.165, 1.54) is 35.6 Å². The molecule has 0 aliphatic heterocycles. The van der Waals surface area contributed by atoms with Crippen LogP contribution >= 0.6 is 18.9 Å². The Labute approximate surface area is 129 Å². The monoisotopic (exact) mass is 335 g/mol. The first-order valence-electron chi connectivity index (χ1n) is 6.22. The third-order valence-corrected chi connectivity index (χ3v) is 6.00. The molecule has 2 aromatic carbocycles. The highest BCUT2D eigenvalue weighted by Crippen LogP contribution is 2.44. The van der Waals surface area contributed by atoms with E-state index in [4.69, 9.17) is 4.52 Å². The predicted molar refractivity (Wildman–Crippen MR) is 85.0 cm³/mol. The minimum atomic E-state index is -4.03. The summed E-state index contributed by atoms with van der Waals surface area (Å²) in [6, 6.07) is 14.1. The minimum Gasteiger partial charge on any atom is -0.421 e. The lowest BCUT2D eigenvalue weighted by Gasteiger charge is -2.11. The molecule has 3 rings (SSSR count). The van der Waals surface area contributed by atoms with E-state index in [1.54, 1.807) is 6.07 Å². The highest BCUT2D eigenvalue weighted by Gasteiger charge is 2.27. The molecule has 0 spiro atoms. The van der Waals surface area contributed by atoms with Gasteiger partial charge in [-0.25, -0.2) is 4.57 Å². The molecule has 112 valence electrons. The van der Waals surface area contributed by atoms with Crippen molar-refractivity contribution in [3.8, 4) is 5.75 Å². The molecular formula is C14H10NO5PS. The van der Waals surface area contributed by atoms with Crippen LogP contribution in [0.25, 0.3) is 10.1 Å². The molecule has 0 bridgehead atoms. The van der Waals surface area contributed by atoms with Crippen molar-refractivity contribution < 1.29 is 18.9 Å². The third kappa shape index (κ3) is 2.87. The zero-order valence-electron chi connectivity index (χ0n) is 11.1. The maximum Gasteiger partial charge on any atom is 0.418 e. The van der Waals surface area contributed by atoms with Gasteiger partial charge in [-0.3, -0.25) is 10.1 Å². The second-order valence-corrected chi connectivity index (χ2v) is 7.58. The quantitative estimate of drug-likeness (QED) is 0.446. The van der Waals surface area contributed by atoms with Gasteiger partial charge in [0.15, 0.2) is 0 Å². The molecule has 0 amide bonds. The highest BCUT2D eigenvalue weighted by molar-refractivity contribution is 7.69. The Morgan fingerprint density at radius 1 is 1.14 bits per heavy atom. The Bertz CT molecular complexity index is 857. The number of nitro groups is 1. The number of hydrogen-bond donors (Lipinski definition) is 1. The molecular weight excluding hydrogens is 325 g/mol. The Kier molecular flexibility index (Phi) is 3.70. The third-order valence-electron chi connectivity index (χ3n) is 2.97. The zero-order chi connectivity index (χ0) is 15.7. The lowest BCUT2D eigenvalue weighted by atomic mass is 10.3. The Morgan fingerprint density at radius 3 is 2.45 bits per heavy atom. The molecule has 1 heterocycles. The highest BCUT2D eigenvalue weighted by atomic mass is 32.1. The Balaban J connectivity index is 1.89. The first-order chi connectivity index (χ1) is 10.5. The van der Waals surface area contributed by atoms with Crippen LogP contribution in [0.3, 0.4) is 0 Å². The average Bonchev–Trinajstić information content (AvgIpc) is 2.92. The van der Waals surface area contributed by atoms with Crippen LogP contribution in [0.5, 0.6) is 5.75 Å². The average molecular weight is 335 g/mol. The van der Waals surface area contributed by atoms with Gasteiger partial charge in [0.1, 0.15) is 10.4 Å². The fourth-order valence-electron chi connectivity index (χ4n) is 1.92. The molecule has 0 fully saturated rings. The summed E-state index contributed by atoms with van der Waals surface area (Å²) in [4.78, 5) is 20.2. The summed E-state index contributed by atoms with van der Waals surface area (Å²) in [5.41, 5.74) is -0.109. The van der Waals surface area contributed by atoms with Gasteiger partial charge in [-0.1, -0.05) is 18.2 Å². The van der Waals surface area contributed by atoms with Gasteiger partial charge in [-0.2, -0.15) is 0 Å². The summed E-state index contributed by atoms with van der Waals surface area (Å²) >= 11 is 1.19. The van der Waals surface area contributed by atoms with Gasteiger partial charge in [0.25, 0.3) is 5.69 Å². The summed E-state index contributed by atoms with van der Waals surface area (Å²) < 4.78 is 18.7. The minimum absolute atomic E-state index is 0.105. The normalized spacial score (nSPS) is 13.7. The number of thiophene rings is 1. The molecule has 1 atom stereocenters. The van der Waals surface area contributed by atoms with Gasteiger partial charge in [0.2, 0.25) is 0 Å². The van der Waals surface area contributed by atoms with E-state index in [1.807, 2.05) is 24.3 Å². The standard InChI is InChI=1S/C14H10NO5PS/c16-15(17)11-5-7-12(8-6-11)20-21(18,19)14-9-10-3-1-2-4-13(10)22-14/h1-9H,(H,18,19). The topological polar surface area (TPSA) is 89.7 Å².